The Hall–Kier alpha value is -2.19. The van der Waals surface area contributed by atoms with Crippen LogP contribution in [0.1, 0.15) is 0 Å². The van der Waals surface area contributed by atoms with Gasteiger partial charge in [-0.05, 0) is 18.2 Å². The van der Waals surface area contributed by atoms with E-state index >= 15 is 0 Å². The lowest BCUT2D eigenvalue weighted by atomic mass is 10.3. The maximum absolute atomic E-state index is 11.3. The first-order valence-electron chi connectivity index (χ1n) is 4.90. The molecule has 18 heavy (non-hydrogen) atoms. The Kier molecular flexibility index (Phi) is 3.40. The van der Waals surface area contributed by atoms with E-state index in [1.165, 1.54) is 11.3 Å². The number of nitrogens with one attached hydrogen (secondary N) is 2. The van der Waals surface area contributed by atoms with Gasteiger partial charge in [-0.2, -0.15) is 0 Å². The van der Waals surface area contributed by atoms with E-state index in [-0.39, 0.29) is 0 Å². The molecule has 0 aliphatic heterocycles. The van der Waals surface area contributed by atoms with Gasteiger partial charge in [0.1, 0.15) is 5.75 Å². The number of thiazole rings is 1. The predicted molar refractivity (Wildman–Crippen MR) is 67.1 cm³/mol. The zero-order valence-corrected chi connectivity index (χ0v) is 10.2. The summed E-state index contributed by atoms with van der Waals surface area (Å²) >= 11 is 1.24. The van der Waals surface area contributed by atoms with Crippen molar-refractivity contribution in [3.63, 3.8) is 0 Å². The van der Waals surface area contributed by atoms with E-state index in [0.717, 1.165) is 4.70 Å². The van der Waals surface area contributed by atoms with Gasteiger partial charge in [0.15, 0.2) is 5.13 Å². The van der Waals surface area contributed by atoms with E-state index in [0.29, 0.717) is 16.4 Å². The van der Waals surface area contributed by atoms with Crippen molar-refractivity contribution < 1.29 is 14.3 Å². The van der Waals surface area contributed by atoms with Crippen molar-refractivity contribution in [1.29, 1.82) is 0 Å². The highest BCUT2D eigenvalue weighted by Crippen LogP contribution is 2.28. The maximum Gasteiger partial charge on any atom is 0.323 e. The standard InChI is InChI=1S/C10H10N4O3S/c1-17-5-2-3-6-7(4-5)18-10(12-6)13-8(15)9(16)14-11/h2-4H,11H2,1H3,(H,14,16)(H,12,13,15). The van der Waals surface area contributed by atoms with Crippen LogP contribution in [0.5, 0.6) is 5.75 Å². The molecular weight excluding hydrogens is 256 g/mol. The zero-order valence-electron chi connectivity index (χ0n) is 9.39. The minimum absolute atomic E-state index is 0.326. The Bertz CT molecular complexity index is 610. The molecular formula is C10H10N4O3S. The van der Waals surface area contributed by atoms with Crippen LogP contribution < -0.4 is 21.3 Å². The summed E-state index contributed by atoms with van der Waals surface area (Å²) in [4.78, 5) is 26.4. The van der Waals surface area contributed by atoms with E-state index in [4.69, 9.17) is 10.6 Å². The molecule has 2 amide bonds. The lowest BCUT2D eigenvalue weighted by Gasteiger charge is -1.97. The molecule has 1 aromatic heterocycles. The third-order valence-corrected chi connectivity index (χ3v) is 3.09. The van der Waals surface area contributed by atoms with Gasteiger partial charge in [0.2, 0.25) is 0 Å². The molecule has 0 radical (unpaired) electrons. The maximum atomic E-state index is 11.3. The Morgan fingerprint density at radius 3 is 2.83 bits per heavy atom. The van der Waals surface area contributed by atoms with Gasteiger partial charge in [-0.1, -0.05) is 11.3 Å². The number of carbonyl (C=O) groups is 2. The molecule has 0 fully saturated rings. The molecule has 2 aromatic rings. The van der Waals surface area contributed by atoms with Crippen LogP contribution in [-0.2, 0) is 9.59 Å². The Morgan fingerprint density at radius 1 is 1.39 bits per heavy atom. The normalized spacial score (nSPS) is 10.1. The van der Waals surface area contributed by atoms with Crippen molar-refractivity contribution in [1.82, 2.24) is 10.4 Å². The van der Waals surface area contributed by atoms with Gasteiger partial charge in [0, 0.05) is 0 Å². The summed E-state index contributed by atoms with van der Waals surface area (Å²) in [5, 5.41) is 2.68. The van der Waals surface area contributed by atoms with Crippen LogP contribution in [0, 0.1) is 0 Å². The number of hydrogen-bond donors (Lipinski definition) is 3. The number of nitrogens with zero attached hydrogens (tertiary/aromatic N) is 1. The Labute approximate surface area is 106 Å². The topological polar surface area (TPSA) is 106 Å². The van der Waals surface area contributed by atoms with Gasteiger partial charge >= 0.3 is 11.8 Å². The van der Waals surface area contributed by atoms with Crippen LogP contribution in [0.3, 0.4) is 0 Å². The predicted octanol–water partition coefficient (Wildman–Crippen LogP) is 0.233. The van der Waals surface area contributed by atoms with Crippen molar-refractivity contribution >= 4 is 38.5 Å². The number of hydrazine groups is 1. The fourth-order valence-corrected chi connectivity index (χ4v) is 2.19. The van der Waals surface area contributed by atoms with Crippen molar-refractivity contribution in [2.75, 3.05) is 12.4 Å². The van der Waals surface area contributed by atoms with E-state index in [9.17, 15) is 9.59 Å². The van der Waals surface area contributed by atoms with Crippen LogP contribution in [-0.4, -0.2) is 23.9 Å². The van der Waals surface area contributed by atoms with Gasteiger partial charge in [0.05, 0.1) is 17.3 Å². The van der Waals surface area contributed by atoms with Crippen molar-refractivity contribution in [3.8, 4) is 5.75 Å². The third-order valence-electron chi connectivity index (χ3n) is 2.15. The third kappa shape index (κ3) is 2.39. The van der Waals surface area contributed by atoms with Gasteiger partial charge in [-0.25, -0.2) is 10.8 Å². The molecule has 0 atom stereocenters. The van der Waals surface area contributed by atoms with Crippen LogP contribution in [0.15, 0.2) is 18.2 Å². The molecule has 0 saturated heterocycles. The second-order valence-electron chi connectivity index (χ2n) is 3.28. The minimum Gasteiger partial charge on any atom is -0.497 e. The molecule has 0 aliphatic carbocycles. The molecule has 0 aliphatic rings. The average molecular weight is 266 g/mol. The first-order valence-corrected chi connectivity index (χ1v) is 5.72. The lowest BCUT2D eigenvalue weighted by Crippen LogP contribution is -2.39. The summed E-state index contributed by atoms with van der Waals surface area (Å²) in [6.07, 6.45) is 0. The summed E-state index contributed by atoms with van der Waals surface area (Å²) in [6, 6.07) is 5.33. The molecule has 0 bridgehead atoms. The smallest absolute Gasteiger partial charge is 0.323 e. The van der Waals surface area contributed by atoms with Crippen LogP contribution >= 0.6 is 11.3 Å². The molecule has 4 N–H and O–H groups in total. The second-order valence-corrected chi connectivity index (χ2v) is 4.31. The van der Waals surface area contributed by atoms with Crippen LogP contribution in [0.2, 0.25) is 0 Å². The average Bonchev–Trinajstić information content (AvgIpc) is 2.78. The second kappa shape index (κ2) is 4.98. The van der Waals surface area contributed by atoms with Crippen molar-refractivity contribution in [3.05, 3.63) is 18.2 Å². The number of aromatic nitrogens is 1. The summed E-state index contributed by atoms with van der Waals surface area (Å²) in [5.41, 5.74) is 2.46. The minimum atomic E-state index is -0.924. The number of anilines is 1. The number of amides is 2. The molecule has 1 aromatic carbocycles. The Balaban J connectivity index is 2.25. The SMILES string of the molecule is COc1ccc2nc(NC(=O)C(=O)NN)sc2c1. The van der Waals surface area contributed by atoms with Crippen molar-refractivity contribution in [2.24, 2.45) is 5.84 Å². The van der Waals surface area contributed by atoms with Crippen molar-refractivity contribution in [2.45, 2.75) is 0 Å². The molecule has 2 rings (SSSR count). The van der Waals surface area contributed by atoms with E-state index in [1.807, 2.05) is 0 Å². The molecule has 7 nitrogen and oxygen atoms in total. The first-order chi connectivity index (χ1) is 8.63. The van der Waals surface area contributed by atoms with E-state index in [1.54, 1.807) is 30.7 Å². The molecule has 0 unspecified atom stereocenters. The number of benzene rings is 1. The highest BCUT2D eigenvalue weighted by Gasteiger charge is 2.14. The number of methoxy groups -OCH3 is 1. The summed E-state index contributed by atoms with van der Waals surface area (Å²) < 4.78 is 5.92. The molecule has 0 spiro atoms. The van der Waals surface area contributed by atoms with Gasteiger partial charge < -0.3 is 4.74 Å². The summed E-state index contributed by atoms with van der Waals surface area (Å²) in [5.74, 6) is 3.76. The van der Waals surface area contributed by atoms with Gasteiger partial charge in [0.25, 0.3) is 0 Å². The largest absolute Gasteiger partial charge is 0.497 e. The fourth-order valence-electron chi connectivity index (χ4n) is 1.30. The number of carbonyl (C=O) groups excluding carboxylic acids is 2. The summed E-state index contributed by atoms with van der Waals surface area (Å²) in [6.45, 7) is 0. The van der Waals surface area contributed by atoms with E-state index < -0.39 is 11.8 Å². The zero-order chi connectivity index (χ0) is 13.1. The van der Waals surface area contributed by atoms with Crippen LogP contribution in [0.25, 0.3) is 10.2 Å². The number of rotatable bonds is 2. The number of fused-ring (bicyclic) bond motifs is 1. The van der Waals surface area contributed by atoms with Gasteiger partial charge in [-0.3, -0.25) is 20.3 Å². The lowest BCUT2D eigenvalue weighted by molar-refractivity contribution is -0.136. The number of ether oxygens (including phenoxy) is 1. The molecule has 1 heterocycles. The van der Waals surface area contributed by atoms with Crippen LogP contribution in [0.4, 0.5) is 5.13 Å². The molecule has 94 valence electrons. The highest BCUT2D eigenvalue weighted by molar-refractivity contribution is 7.22. The van der Waals surface area contributed by atoms with Gasteiger partial charge in [-0.15, -0.1) is 0 Å². The quantitative estimate of drug-likeness (QED) is 0.312. The molecule has 8 heteroatoms. The highest BCUT2D eigenvalue weighted by atomic mass is 32.1. The fraction of sp³-hybridized carbons (Fsp3) is 0.100. The number of hydrogen-bond acceptors (Lipinski definition) is 6. The molecule has 0 saturated carbocycles. The first kappa shape index (κ1) is 12.3. The summed E-state index contributed by atoms with van der Waals surface area (Å²) in [7, 11) is 1.57. The number of nitrogens with two attached hydrogens (primary N) is 1. The van der Waals surface area contributed by atoms with E-state index in [2.05, 4.69) is 10.3 Å². The Morgan fingerprint density at radius 2 is 2.17 bits per heavy atom. The monoisotopic (exact) mass is 266 g/mol.